The van der Waals surface area contributed by atoms with Crippen molar-refractivity contribution in [1.29, 1.82) is 0 Å². The highest BCUT2D eigenvalue weighted by Gasteiger charge is 2.18. The zero-order chi connectivity index (χ0) is 15.4. The van der Waals surface area contributed by atoms with Gasteiger partial charge < -0.3 is 11.1 Å². The monoisotopic (exact) mass is 322 g/mol. The van der Waals surface area contributed by atoms with Crippen LogP contribution in [-0.4, -0.2) is 11.7 Å². The van der Waals surface area contributed by atoms with Crippen molar-refractivity contribution >= 4 is 40.6 Å². The predicted octanol–water partition coefficient (Wildman–Crippen LogP) is 3.07. The molecule has 0 radical (unpaired) electrons. The largest absolute Gasteiger partial charge is 0.396 e. The standard InChI is InChI=1S/C15H12Cl2N2O2/c16-11-6-10(7-12(17)13(11)18)14(20)15(21)19-8-9-4-2-1-3-5-9/h1-7H,8,18H2,(H,19,21). The lowest BCUT2D eigenvalue weighted by Gasteiger charge is -2.07. The molecule has 6 heteroatoms. The number of nitrogens with one attached hydrogen (secondary N) is 1. The minimum atomic E-state index is -0.726. The summed E-state index contributed by atoms with van der Waals surface area (Å²) in [4.78, 5) is 23.9. The molecule has 2 aromatic rings. The van der Waals surface area contributed by atoms with Gasteiger partial charge in [0.1, 0.15) is 0 Å². The van der Waals surface area contributed by atoms with Gasteiger partial charge in [-0.1, -0.05) is 53.5 Å². The summed E-state index contributed by atoms with van der Waals surface area (Å²) in [6, 6.07) is 11.9. The van der Waals surface area contributed by atoms with Gasteiger partial charge in [0, 0.05) is 12.1 Å². The van der Waals surface area contributed by atoms with Gasteiger partial charge in [0.2, 0.25) is 5.78 Å². The molecule has 4 nitrogen and oxygen atoms in total. The smallest absolute Gasteiger partial charge is 0.292 e. The molecule has 21 heavy (non-hydrogen) atoms. The van der Waals surface area contributed by atoms with Gasteiger partial charge in [-0.15, -0.1) is 0 Å². The predicted molar refractivity (Wildman–Crippen MR) is 83.5 cm³/mol. The van der Waals surface area contributed by atoms with E-state index in [0.717, 1.165) is 5.56 Å². The van der Waals surface area contributed by atoms with E-state index in [1.54, 1.807) is 0 Å². The van der Waals surface area contributed by atoms with Gasteiger partial charge in [0.25, 0.3) is 5.91 Å². The first-order chi connectivity index (χ1) is 9.99. The van der Waals surface area contributed by atoms with E-state index in [-0.39, 0.29) is 27.8 Å². The quantitative estimate of drug-likeness (QED) is 0.516. The lowest BCUT2D eigenvalue weighted by molar-refractivity contribution is -0.117. The first kappa shape index (κ1) is 15.4. The summed E-state index contributed by atoms with van der Waals surface area (Å²) < 4.78 is 0. The maximum atomic E-state index is 12.0. The van der Waals surface area contributed by atoms with Gasteiger partial charge in [-0.3, -0.25) is 9.59 Å². The van der Waals surface area contributed by atoms with Crippen molar-refractivity contribution in [1.82, 2.24) is 5.32 Å². The molecule has 108 valence electrons. The Hall–Kier alpha value is -2.04. The molecular formula is C15H12Cl2N2O2. The van der Waals surface area contributed by atoms with E-state index in [2.05, 4.69) is 5.32 Å². The molecule has 2 rings (SSSR count). The Labute approximate surface area is 131 Å². The van der Waals surface area contributed by atoms with Crippen LogP contribution in [0.15, 0.2) is 42.5 Å². The van der Waals surface area contributed by atoms with Crippen LogP contribution < -0.4 is 11.1 Å². The zero-order valence-electron chi connectivity index (χ0n) is 10.9. The minimum absolute atomic E-state index is 0.102. The highest BCUT2D eigenvalue weighted by molar-refractivity contribution is 6.45. The van der Waals surface area contributed by atoms with Crippen LogP contribution in [0.1, 0.15) is 15.9 Å². The Morgan fingerprint density at radius 2 is 1.62 bits per heavy atom. The molecule has 0 atom stereocenters. The molecule has 0 aliphatic heterocycles. The fourth-order valence-electron chi connectivity index (χ4n) is 1.70. The Kier molecular flexibility index (Phi) is 4.83. The van der Waals surface area contributed by atoms with E-state index in [1.807, 2.05) is 30.3 Å². The van der Waals surface area contributed by atoms with E-state index in [4.69, 9.17) is 28.9 Å². The summed E-state index contributed by atoms with van der Waals surface area (Å²) in [6.07, 6.45) is 0. The van der Waals surface area contributed by atoms with Crippen molar-refractivity contribution in [2.45, 2.75) is 6.54 Å². The van der Waals surface area contributed by atoms with Crippen LogP contribution in [0.25, 0.3) is 0 Å². The van der Waals surface area contributed by atoms with Crippen LogP contribution in [0.5, 0.6) is 0 Å². The fraction of sp³-hybridized carbons (Fsp3) is 0.0667. The minimum Gasteiger partial charge on any atom is -0.396 e. The van der Waals surface area contributed by atoms with Gasteiger partial charge in [0.05, 0.1) is 15.7 Å². The highest BCUT2D eigenvalue weighted by atomic mass is 35.5. The number of carbonyl (C=O) groups is 2. The number of anilines is 1. The Balaban J connectivity index is 2.08. The number of rotatable bonds is 4. The third-order valence-electron chi connectivity index (χ3n) is 2.84. The van der Waals surface area contributed by atoms with Gasteiger partial charge in [0.15, 0.2) is 0 Å². The van der Waals surface area contributed by atoms with Crippen molar-refractivity contribution in [3.63, 3.8) is 0 Å². The number of nitrogens with two attached hydrogens (primary N) is 1. The van der Waals surface area contributed by atoms with Crippen molar-refractivity contribution < 1.29 is 9.59 Å². The number of carbonyl (C=O) groups excluding carboxylic acids is 2. The summed E-state index contributed by atoms with van der Waals surface area (Å²) in [5.74, 6) is -1.44. The van der Waals surface area contributed by atoms with E-state index >= 15 is 0 Å². The summed E-state index contributed by atoms with van der Waals surface area (Å²) in [7, 11) is 0. The Bertz CT molecular complexity index is 664. The molecule has 0 saturated heterocycles. The Morgan fingerprint density at radius 3 is 2.19 bits per heavy atom. The second-order valence-corrected chi connectivity index (χ2v) is 5.17. The van der Waals surface area contributed by atoms with Gasteiger partial charge in [-0.25, -0.2) is 0 Å². The van der Waals surface area contributed by atoms with E-state index in [0.29, 0.717) is 0 Å². The summed E-state index contributed by atoms with van der Waals surface area (Å²) in [5.41, 5.74) is 6.76. The summed E-state index contributed by atoms with van der Waals surface area (Å²) >= 11 is 11.7. The molecule has 0 unspecified atom stereocenters. The average Bonchev–Trinajstić information content (AvgIpc) is 2.50. The zero-order valence-corrected chi connectivity index (χ0v) is 12.4. The fourth-order valence-corrected chi connectivity index (χ4v) is 2.19. The van der Waals surface area contributed by atoms with E-state index in [1.165, 1.54) is 12.1 Å². The first-order valence-corrected chi connectivity index (χ1v) is 6.85. The molecule has 3 N–H and O–H groups in total. The van der Waals surface area contributed by atoms with E-state index < -0.39 is 11.7 Å². The van der Waals surface area contributed by atoms with Crippen LogP contribution in [0, 0.1) is 0 Å². The maximum Gasteiger partial charge on any atom is 0.292 e. The second-order valence-electron chi connectivity index (χ2n) is 4.35. The van der Waals surface area contributed by atoms with Crippen LogP contribution in [0.4, 0.5) is 5.69 Å². The molecule has 0 heterocycles. The molecular weight excluding hydrogens is 311 g/mol. The molecule has 0 spiro atoms. The average molecular weight is 323 g/mol. The number of ketones is 1. The molecule has 0 saturated carbocycles. The first-order valence-electron chi connectivity index (χ1n) is 6.10. The molecule has 0 aromatic heterocycles. The third-order valence-corrected chi connectivity index (χ3v) is 3.47. The molecule has 0 bridgehead atoms. The van der Waals surface area contributed by atoms with Crippen molar-refractivity contribution in [3.05, 3.63) is 63.6 Å². The summed E-state index contributed by atoms with van der Waals surface area (Å²) in [5, 5.41) is 2.83. The molecule has 1 amide bonds. The second kappa shape index (κ2) is 6.61. The number of nitrogen functional groups attached to an aromatic ring is 1. The normalized spacial score (nSPS) is 10.2. The van der Waals surface area contributed by atoms with Crippen molar-refractivity contribution in [2.75, 3.05) is 5.73 Å². The number of Topliss-reactive ketones (excluding diaryl/α,β-unsaturated/α-hetero) is 1. The number of benzene rings is 2. The molecule has 0 fully saturated rings. The highest BCUT2D eigenvalue weighted by Crippen LogP contribution is 2.28. The van der Waals surface area contributed by atoms with Crippen molar-refractivity contribution in [3.8, 4) is 0 Å². The van der Waals surface area contributed by atoms with Crippen LogP contribution in [-0.2, 0) is 11.3 Å². The van der Waals surface area contributed by atoms with E-state index in [9.17, 15) is 9.59 Å². The topological polar surface area (TPSA) is 72.2 Å². The lowest BCUT2D eigenvalue weighted by Crippen LogP contribution is -2.30. The third kappa shape index (κ3) is 3.74. The SMILES string of the molecule is Nc1c(Cl)cc(C(=O)C(=O)NCc2ccccc2)cc1Cl. The lowest BCUT2D eigenvalue weighted by atomic mass is 10.1. The number of halogens is 2. The number of amides is 1. The molecule has 2 aromatic carbocycles. The van der Waals surface area contributed by atoms with Gasteiger partial charge in [-0.2, -0.15) is 0 Å². The molecule has 0 aliphatic rings. The van der Waals surface area contributed by atoms with Crippen LogP contribution in [0.3, 0.4) is 0 Å². The maximum absolute atomic E-state index is 12.0. The Morgan fingerprint density at radius 1 is 1.05 bits per heavy atom. The summed E-state index contributed by atoms with van der Waals surface area (Å²) in [6.45, 7) is 0.266. The van der Waals surface area contributed by atoms with Crippen LogP contribution >= 0.6 is 23.2 Å². The van der Waals surface area contributed by atoms with Gasteiger partial charge >= 0.3 is 0 Å². The van der Waals surface area contributed by atoms with Crippen LogP contribution in [0.2, 0.25) is 10.0 Å². The number of hydrogen-bond donors (Lipinski definition) is 2. The molecule has 0 aliphatic carbocycles. The van der Waals surface area contributed by atoms with Gasteiger partial charge in [-0.05, 0) is 17.7 Å². The van der Waals surface area contributed by atoms with Crippen molar-refractivity contribution in [2.24, 2.45) is 0 Å². The number of hydrogen-bond acceptors (Lipinski definition) is 3.